The van der Waals surface area contributed by atoms with Gasteiger partial charge in [-0.15, -0.1) is 0 Å². The van der Waals surface area contributed by atoms with Crippen molar-refractivity contribution in [3.63, 3.8) is 0 Å². The van der Waals surface area contributed by atoms with Crippen molar-refractivity contribution >= 4 is 0 Å². The van der Waals surface area contributed by atoms with E-state index in [1.54, 1.807) is 0 Å². The van der Waals surface area contributed by atoms with Crippen LogP contribution in [0.4, 0.5) is 0 Å². The van der Waals surface area contributed by atoms with E-state index in [1.807, 2.05) is 0 Å². The molecule has 0 aromatic heterocycles. The Labute approximate surface area is 107 Å². The first-order valence-electron chi connectivity index (χ1n) is 7.31. The van der Waals surface area contributed by atoms with Gasteiger partial charge in [0.15, 0.2) is 0 Å². The fourth-order valence-corrected chi connectivity index (χ4v) is 2.99. The second-order valence-electron chi connectivity index (χ2n) is 6.46. The fraction of sp³-hybridized carbons (Fsp3) is 1.00. The van der Waals surface area contributed by atoms with Gasteiger partial charge in [-0.05, 0) is 69.7 Å². The van der Waals surface area contributed by atoms with Crippen LogP contribution in [0.25, 0.3) is 0 Å². The summed E-state index contributed by atoms with van der Waals surface area (Å²) < 4.78 is 5.69. The van der Waals surface area contributed by atoms with E-state index in [2.05, 4.69) is 27.7 Å². The molecule has 102 valence electrons. The number of rotatable bonds is 6. The minimum Gasteiger partial charge on any atom is -0.379 e. The molecule has 0 aliphatic heterocycles. The van der Waals surface area contributed by atoms with Gasteiger partial charge in [-0.3, -0.25) is 0 Å². The molecule has 0 aromatic carbocycles. The molecule has 0 heterocycles. The van der Waals surface area contributed by atoms with E-state index in [-0.39, 0.29) is 0 Å². The van der Waals surface area contributed by atoms with Gasteiger partial charge in [0, 0.05) is 6.61 Å². The predicted molar refractivity (Wildman–Crippen MR) is 74.0 cm³/mol. The van der Waals surface area contributed by atoms with Crippen LogP contribution in [0, 0.1) is 17.3 Å². The highest BCUT2D eigenvalue weighted by Crippen LogP contribution is 2.43. The highest BCUT2D eigenvalue weighted by molar-refractivity contribution is 4.87. The summed E-state index contributed by atoms with van der Waals surface area (Å²) in [5.41, 5.74) is 6.40. The zero-order valence-corrected chi connectivity index (χ0v) is 12.2. The Morgan fingerprint density at radius 3 is 2.18 bits per heavy atom. The molecule has 0 unspecified atom stereocenters. The van der Waals surface area contributed by atoms with E-state index in [0.717, 1.165) is 31.4 Å². The van der Waals surface area contributed by atoms with Crippen LogP contribution in [-0.4, -0.2) is 19.3 Å². The summed E-state index contributed by atoms with van der Waals surface area (Å²) in [4.78, 5) is 0. The summed E-state index contributed by atoms with van der Waals surface area (Å²) in [5, 5.41) is 0. The Morgan fingerprint density at radius 1 is 1.18 bits per heavy atom. The lowest BCUT2D eigenvalue weighted by Crippen LogP contribution is -2.37. The first-order chi connectivity index (χ1) is 7.99. The smallest absolute Gasteiger partial charge is 0.0518 e. The van der Waals surface area contributed by atoms with E-state index >= 15 is 0 Å². The van der Waals surface area contributed by atoms with Crippen molar-refractivity contribution in [1.29, 1.82) is 0 Å². The molecular weight excluding hydrogens is 210 g/mol. The van der Waals surface area contributed by atoms with Crippen LogP contribution in [0.15, 0.2) is 0 Å². The van der Waals surface area contributed by atoms with Crippen molar-refractivity contribution in [3.05, 3.63) is 0 Å². The lowest BCUT2D eigenvalue weighted by molar-refractivity contribution is 0.0327. The molecule has 2 nitrogen and oxygen atoms in total. The van der Waals surface area contributed by atoms with E-state index in [9.17, 15) is 0 Å². The van der Waals surface area contributed by atoms with Gasteiger partial charge in [-0.1, -0.05) is 13.8 Å². The molecule has 0 spiro atoms. The average Bonchev–Trinajstić information content (AvgIpc) is 2.29. The molecule has 0 saturated heterocycles. The summed E-state index contributed by atoms with van der Waals surface area (Å²) in [6, 6.07) is 0. The van der Waals surface area contributed by atoms with Crippen molar-refractivity contribution in [2.24, 2.45) is 23.0 Å². The van der Waals surface area contributed by atoms with Gasteiger partial charge in [0.05, 0.1) is 6.10 Å². The maximum atomic E-state index is 6.02. The van der Waals surface area contributed by atoms with Gasteiger partial charge in [0.1, 0.15) is 0 Å². The van der Waals surface area contributed by atoms with Gasteiger partial charge < -0.3 is 10.5 Å². The molecule has 0 radical (unpaired) electrons. The van der Waals surface area contributed by atoms with Crippen LogP contribution in [0.5, 0.6) is 0 Å². The molecule has 0 amide bonds. The Balaban J connectivity index is 2.38. The third kappa shape index (κ3) is 4.59. The molecule has 1 rings (SSSR count). The number of hydrogen-bond donors (Lipinski definition) is 1. The second-order valence-corrected chi connectivity index (χ2v) is 6.46. The molecule has 2 N–H and O–H groups in total. The molecule has 0 aromatic rings. The van der Waals surface area contributed by atoms with Crippen LogP contribution >= 0.6 is 0 Å². The Morgan fingerprint density at radius 2 is 1.76 bits per heavy atom. The largest absolute Gasteiger partial charge is 0.379 e. The van der Waals surface area contributed by atoms with Gasteiger partial charge in [0.25, 0.3) is 0 Å². The topological polar surface area (TPSA) is 35.2 Å². The lowest BCUT2D eigenvalue weighted by atomic mass is 9.66. The molecule has 0 atom stereocenters. The lowest BCUT2D eigenvalue weighted by Gasteiger charge is -2.41. The third-order valence-corrected chi connectivity index (χ3v) is 4.55. The molecule has 17 heavy (non-hydrogen) atoms. The van der Waals surface area contributed by atoms with E-state index in [4.69, 9.17) is 10.5 Å². The van der Waals surface area contributed by atoms with Crippen LogP contribution < -0.4 is 5.73 Å². The highest BCUT2D eigenvalue weighted by Gasteiger charge is 2.34. The normalized spacial score (nSPS) is 30.2. The summed E-state index contributed by atoms with van der Waals surface area (Å²) in [5.74, 6) is 1.75. The first kappa shape index (κ1) is 15.0. The molecule has 1 aliphatic carbocycles. The minimum absolute atomic E-state index is 0.344. The fourth-order valence-electron chi connectivity index (χ4n) is 2.99. The summed E-state index contributed by atoms with van der Waals surface area (Å²) in [6.45, 7) is 10.6. The number of nitrogens with two attached hydrogens (primary N) is 1. The average molecular weight is 241 g/mol. The van der Waals surface area contributed by atoms with Crippen LogP contribution in [0.2, 0.25) is 0 Å². The SMILES string of the molecule is CC(C)OCCC1(CN)CCC(C(C)C)CC1. The van der Waals surface area contributed by atoms with Crippen LogP contribution in [0.1, 0.15) is 59.8 Å². The van der Waals surface area contributed by atoms with Gasteiger partial charge in [-0.2, -0.15) is 0 Å². The predicted octanol–water partition coefficient (Wildman–Crippen LogP) is 3.59. The zero-order valence-electron chi connectivity index (χ0n) is 12.2. The van der Waals surface area contributed by atoms with Gasteiger partial charge in [-0.25, -0.2) is 0 Å². The number of hydrogen-bond acceptors (Lipinski definition) is 2. The van der Waals surface area contributed by atoms with E-state index in [1.165, 1.54) is 25.7 Å². The van der Waals surface area contributed by atoms with Crippen molar-refractivity contribution in [1.82, 2.24) is 0 Å². The van der Waals surface area contributed by atoms with Crippen molar-refractivity contribution in [3.8, 4) is 0 Å². The first-order valence-corrected chi connectivity index (χ1v) is 7.31. The van der Waals surface area contributed by atoms with Gasteiger partial charge in [0.2, 0.25) is 0 Å². The summed E-state index contributed by atoms with van der Waals surface area (Å²) >= 11 is 0. The van der Waals surface area contributed by atoms with Crippen LogP contribution in [0.3, 0.4) is 0 Å². The van der Waals surface area contributed by atoms with Crippen LogP contribution in [-0.2, 0) is 4.74 Å². The van der Waals surface area contributed by atoms with Gasteiger partial charge >= 0.3 is 0 Å². The molecule has 1 saturated carbocycles. The van der Waals surface area contributed by atoms with E-state index in [0.29, 0.717) is 11.5 Å². The van der Waals surface area contributed by atoms with Crippen molar-refractivity contribution in [2.45, 2.75) is 65.9 Å². The summed E-state index contributed by atoms with van der Waals surface area (Å²) in [7, 11) is 0. The Kier molecular flexibility index (Phi) is 5.94. The van der Waals surface area contributed by atoms with Crippen molar-refractivity contribution in [2.75, 3.05) is 13.2 Å². The standard InChI is InChI=1S/C15H31NO/c1-12(2)14-5-7-15(11-16,8-6-14)9-10-17-13(3)4/h12-14H,5-11,16H2,1-4H3. The third-order valence-electron chi connectivity index (χ3n) is 4.55. The second kappa shape index (κ2) is 6.75. The maximum absolute atomic E-state index is 6.02. The molecule has 1 fully saturated rings. The highest BCUT2D eigenvalue weighted by atomic mass is 16.5. The van der Waals surface area contributed by atoms with E-state index < -0.39 is 0 Å². The molecular formula is C15H31NO. The Bertz CT molecular complexity index is 199. The molecule has 0 bridgehead atoms. The minimum atomic E-state index is 0.344. The Hall–Kier alpha value is -0.0800. The van der Waals surface area contributed by atoms with Crippen molar-refractivity contribution < 1.29 is 4.74 Å². The maximum Gasteiger partial charge on any atom is 0.0518 e. The molecule has 1 aliphatic rings. The summed E-state index contributed by atoms with van der Waals surface area (Å²) in [6.07, 6.45) is 6.80. The molecule has 2 heteroatoms. The monoisotopic (exact) mass is 241 g/mol. The quantitative estimate of drug-likeness (QED) is 0.771. The number of ether oxygens (including phenoxy) is 1. The zero-order chi connectivity index (χ0) is 12.9.